The third-order valence-electron chi connectivity index (χ3n) is 4.48. The second kappa shape index (κ2) is 6.46. The van der Waals surface area contributed by atoms with Crippen molar-refractivity contribution in [2.24, 2.45) is 11.8 Å². The van der Waals surface area contributed by atoms with Gasteiger partial charge >= 0.3 is 0 Å². The summed E-state index contributed by atoms with van der Waals surface area (Å²) >= 11 is 0. The largest absolute Gasteiger partial charge is 0.352 e. The van der Waals surface area contributed by atoms with E-state index >= 15 is 0 Å². The number of piperidine rings is 1. The van der Waals surface area contributed by atoms with E-state index in [1.54, 1.807) is 12.3 Å². The first-order chi connectivity index (χ1) is 10.6. The van der Waals surface area contributed by atoms with Gasteiger partial charge in [0.15, 0.2) is 0 Å². The number of amides is 2. The fraction of sp³-hybridized carbons (Fsp3) is 0.588. The van der Waals surface area contributed by atoms with Crippen molar-refractivity contribution in [3.8, 4) is 0 Å². The van der Waals surface area contributed by atoms with Crippen LogP contribution in [0.2, 0.25) is 0 Å². The maximum absolute atomic E-state index is 12.1. The van der Waals surface area contributed by atoms with E-state index in [1.165, 1.54) is 0 Å². The van der Waals surface area contributed by atoms with Crippen LogP contribution in [-0.4, -0.2) is 41.3 Å². The second-order valence-corrected chi connectivity index (χ2v) is 6.47. The summed E-state index contributed by atoms with van der Waals surface area (Å²) in [6, 6.07) is 3.63. The van der Waals surface area contributed by atoms with E-state index in [1.807, 2.05) is 17.9 Å². The predicted molar refractivity (Wildman–Crippen MR) is 83.3 cm³/mol. The maximum atomic E-state index is 12.1. The average Bonchev–Trinajstić information content (AvgIpc) is 3.38. The van der Waals surface area contributed by atoms with Crippen molar-refractivity contribution in [3.63, 3.8) is 0 Å². The van der Waals surface area contributed by atoms with Gasteiger partial charge in [-0.3, -0.25) is 14.6 Å². The average molecular weight is 301 g/mol. The fourth-order valence-corrected chi connectivity index (χ4v) is 2.96. The first-order valence-electron chi connectivity index (χ1n) is 8.13. The van der Waals surface area contributed by atoms with E-state index < -0.39 is 0 Å². The third-order valence-corrected chi connectivity index (χ3v) is 4.48. The molecule has 118 valence electrons. The Morgan fingerprint density at radius 1 is 1.32 bits per heavy atom. The second-order valence-electron chi connectivity index (χ2n) is 6.47. The van der Waals surface area contributed by atoms with Crippen LogP contribution in [0.5, 0.6) is 0 Å². The molecule has 5 heteroatoms. The summed E-state index contributed by atoms with van der Waals surface area (Å²) in [7, 11) is 0. The Kier molecular flexibility index (Phi) is 4.41. The number of nitrogens with zero attached hydrogens (tertiary/aromatic N) is 2. The van der Waals surface area contributed by atoms with Gasteiger partial charge < -0.3 is 10.2 Å². The fourth-order valence-electron chi connectivity index (χ4n) is 2.96. The molecule has 0 spiro atoms. The number of rotatable bonds is 4. The molecule has 1 N–H and O–H groups in total. The van der Waals surface area contributed by atoms with Gasteiger partial charge in [0.2, 0.25) is 5.91 Å². The SMILES string of the molecule is Cc1ccc(C(=O)NC[C@@H]2CCCN(C(=O)C3CC3)C2)cn1. The Hall–Kier alpha value is -1.91. The summed E-state index contributed by atoms with van der Waals surface area (Å²) in [5.74, 6) is 0.877. The minimum atomic E-state index is -0.0851. The number of pyridine rings is 1. The van der Waals surface area contributed by atoms with Crippen LogP contribution in [0, 0.1) is 18.8 Å². The van der Waals surface area contributed by atoms with Gasteiger partial charge in [0, 0.05) is 37.4 Å². The molecule has 0 aromatic carbocycles. The Morgan fingerprint density at radius 2 is 2.14 bits per heavy atom. The highest BCUT2D eigenvalue weighted by molar-refractivity contribution is 5.93. The van der Waals surface area contributed by atoms with E-state index in [0.29, 0.717) is 23.9 Å². The third kappa shape index (κ3) is 3.64. The van der Waals surface area contributed by atoms with Crippen molar-refractivity contribution < 1.29 is 9.59 Å². The topological polar surface area (TPSA) is 62.3 Å². The molecular weight excluding hydrogens is 278 g/mol. The first kappa shape index (κ1) is 15.0. The van der Waals surface area contributed by atoms with Crippen LogP contribution in [0.25, 0.3) is 0 Å². The molecule has 1 aliphatic carbocycles. The maximum Gasteiger partial charge on any atom is 0.252 e. The number of likely N-dealkylation sites (tertiary alicyclic amines) is 1. The van der Waals surface area contributed by atoms with Gasteiger partial charge in [0.25, 0.3) is 5.91 Å². The van der Waals surface area contributed by atoms with Crippen molar-refractivity contribution in [2.45, 2.75) is 32.6 Å². The zero-order chi connectivity index (χ0) is 15.5. The minimum Gasteiger partial charge on any atom is -0.352 e. The summed E-state index contributed by atoms with van der Waals surface area (Å²) in [6.07, 6.45) is 5.81. The quantitative estimate of drug-likeness (QED) is 0.922. The Labute approximate surface area is 131 Å². The van der Waals surface area contributed by atoms with Gasteiger partial charge in [-0.25, -0.2) is 0 Å². The highest BCUT2D eigenvalue weighted by Gasteiger charge is 2.35. The Morgan fingerprint density at radius 3 is 2.82 bits per heavy atom. The molecule has 22 heavy (non-hydrogen) atoms. The van der Waals surface area contributed by atoms with E-state index in [-0.39, 0.29) is 11.8 Å². The molecule has 5 nitrogen and oxygen atoms in total. The summed E-state index contributed by atoms with van der Waals surface area (Å²) in [4.78, 5) is 30.4. The monoisotopic (exact) mass is 301 g/mol. The van der Waals surface area contributed by atoms with Crippen LogP contribution in [0.3, 0.4) is 0 Å². The molecule has 2 aliphatic rings. The van der Waals surface area contributed by atoms with E-state index in [0.717, 1.165) is 44.5 Å². The van der Waals surface area contributed by atoms with Crippen molar-refractivity contribution in [2.75, 3.05) is 19.6 Å². The standard InChI is InChI=1S/C17H23N3O2/c1-12-4-5-15(10-18-12)16(21)19-9-13-3-2-8-20(11-13)17(22)14-6-7-14/h4-5,10,13-14H,2-3,6-9,11H2,1H3,(H,19,21)/t13-/m0/s1. The summed E-state index contributed by atoms with van der Waals surface area (Å²) in [5.41, 5.74) is 1.49. The number of nitrogens with one attached hydrogen (secondary N) is 1. The van der Waals surface area contributed by atoms with Crippen LogP contribution < -0.4 is 5.32 Å². The van der Waals surface area contributed by atoms with E-state index in [4.69, 9.17) is 0 Å². The highest BCUT2D eigenvalue weighted by Crippen LogP contribution is 2.32. The van der Waals surface area contributed by atoms with Gasteiger partial charge in [-0.15, -0.1) is 0 Å². The molecule has 1 aliphatic heterocycles. The van der Waals surface area contributed by atoms with Crippen molar-refractivity contribution >= 4 is 11.8 Å². The van der Waals surface area contributed by atoms with Gasteiger partial charge in [0.05, 0.1) is 5.56 Å². The zero-order valence-electron chi connectivity index (χ0n) is 13.0. The van der Waals surface area contributed by atoms with Gasteiger partial charge in [-0.05, 0) is 50.7 Å². The molecule has 0 radical (unpaired) electrons. The minimum absolute atomic E-state index is 0.0851. The first-order valence-corrected chi connectivity index (χ1v) is 8.13. The van der Waals surface area contributed by atoms with Crippen molar-refractivity contribution in [1.29, 1.82) is 0 Å². The number of hydrogen-bond donors (Lipinski definition) is 1. The zero-order valence-corrected chi connectivity index (χ0v) is 13.0. The van der Waals surface area contributed by atoms with Gasteiger partial charge in [0.1, 0.15) is 0 Å². The Balaban J connectivity index is 1.49. The molecule has 3 rings (SSSR count). The summed E-state index contributed by atoms with van der Waals surface area (Å²) < 4.78 is 0. The van der Waals surface area contributed by atoms with Crippen LogP contribution in [0.1, 0.15) is 41.7 Å². The van der Waals surface area contributed by atoms with Crippen LogP contribution in [0.15, 0.2) is 18.3 Å². The normalized spacial score (nSPS) is 21.5. The number of carbonyl (C=O) groups excluding carboxylic acids is 2. The molecule has 1 atom stereocenters. The molecule has 1 aromatic rings. The number of hydrogen-bond acceptors (Lipinski definition) is 3. The highest BCUT2D eigenvalue weighted by atomic mass is 16.2. The lowest BCUT2D eigenvalue weighted by Gasteiger charge is -2.33. The van der Waals surface area contributed by atoms with Gasteiger partial charge in [-0.2, -0.15) is 0 Å². The molecule has 0 unspecified atom stereocenters. The van der Waals surface area contributed by atoms with E-state index in [2.05, 4.69) is 10.3 Å². The smallest absolute Gasteiger partial charge is 0.252 e. The van der Waals surface area contributed by atoms with Crippen molar-refractivity contribution in [1.82, 2.24) is 15.2 Å². The lowest BCUT2D eigenvalue weighted by Crippen LogP contribution is -2.44. The number of aromatic nitrogens is 1. The van der Waals surface area contributed by atoms with Crippen LogP contribution in [0.4, 0.5) is 0 Å². The molecule has 2 amide bonds. The lowest BCUT2D eigenvalue weighted by atomic mass is 9.97. The van der Waals surface area contributed by atoms with Crippen LogP contribution in [-0.2, 0) is 4.79 Å². The molecule has 2 heterocycles. The Bertz CT molecular complexity index is 552. The lowest BCUT2D eigenvalue weighted by molar-refractivity contribution is -0.134. The number of aryl methyl sites for hydroxylation is 1. The summed E-state index contributed by atoms with van der Waals surface area (Å²) in [6.45, 7) is 4.18. The molecule has 1 saturated heterocycles. The van der Waals surface area contributed by atoms with Crippen molar-refractivity contribution in [3.05, 3.63) is 29.6 Å². The van der Waals surface area contributed by atoms with E-state index in [9.17, 15) is 9.59 Å². The molecule has 1 aromatic heterocycles. The summed E-state index contributed by atoms with van der Waals surface area (Å²) in [5, 5.41) is 2.98. The molecule has 2 fully saturated rings. The predicted octanol–water partition coefficient (Wildman–Crippen LogP) is 1.77. The van der Waals surface area contributed by atoms with Crippen LogP contribution >= 0.6 is 0 Å². The van der Waals surface area contributed by atoms with Gasteiger partial charge in [-0.1, -0.05) is 0 Å². The molecular formula is C17H23N3O2. The molecule has 0 bridgehead atoms. The number of carbonyl (C=O) groups is 2. The molecule has 1 saturated carbocycles.